The number of carbonyl (C=O) groups excluding carboxylic acids is 1. The van der Waals surface area contributed by atoms with E-state index in [1.165, 1.54) is 4.31 Å². The van der Waals surface area contributed by atoms with Crippen LogP contribution in [0, 0.1) is 5.92 Å². The lowest BCUT2D eigenvalue weighted by molar-refractivity contribution is -0.143. The molecule has 212 valence electrons. The quantitative estimate of drug-likeness (QED) is 0.367. The van der Waals surface area contributed by atoms with E-state index in [0.717, 1.165) is 35.3 Å². The van der Waals surface area contributed by atoms with Crippen molar-refractivity contribution >= 4 is 33.2 Å². The summed E-state index contributed by atoms with van der Waals surface area (Å²) in [4.78, 5) is 25.8. The van der Waals surface area contributed by atoms with Gasteiger partial charge in [0.15, 0.2) is 0 Å². The molecular weight excluding hydrogens is 552 g/mol. The van der Waals surface area contributed by atoms with Crippen molar-refractivity contribution in [2.24, 2.45) is 5.92 Å². The number of amides is 1. The van der Waals surface area contributed by atoms with E-state index in [0.29, 0.717) is 29.9 Å². The molecule has 6 rings (SSSR count). The molecule has 1 aliphatic carbocycles. The number of carbonyl (C=O) groups is 2. The lowest BCUT2D eigenvalue weighted by atomic mass is 9.76. The largest absolute Gasteiger partial charge is 0.496 e. The Balaban J connectivity index is 1.36. The number of sulfonamides is 1. The predicted octanol–water partition coefficient (Wildman–Crippen LogP) is 4.18. The number of aliphatic carboxylic acids is 1. The van der Waals surface area contributed by atoms with Gasteiger partial charge in [0.2, 0.25) is 5.91 Å². The molecule has 3 heterocycles. The number of carboxylic acids is 1. The zero-order chi connectivity index (χ0) is 28.4. The molecule has 3 aromatic rings. The van der Waals surface area contributed by atoms with Gasteiger partial charge in [-0.3, -0.25) is 4.79 Å². The third-order valence-corrected chi connectivity index (χ3v) is 11.1. The third-order valence-electron chi connectivity index (χ3n) is 7.84. The molecule has 3 aliphatic rings. The Labute approximate surface area is 237 Å². The van der Waals surface area contributed by atoms with E-state index in [1.54, 1.807) is 43.9 Å². The molecule has 2 saturated heterocycles. The zero-order valence-corrected chi connectivity index (χ0v) is 23.9. The minimum Gasteiger partial charge on any atom is -0.496 e. The van der Waals surface area contributed by atoms with Gasteiger partial charge < -0.3 is 19.9 Å². The average molecular weight is 585 g/mol. The minimum atomic E-state index is -3.88. The normalized spacial score (nSPS) is 21.5. The van der Waals surface area contributed by atoms with Crippen molar-refractivity contribution in [3.63, 3.8) is 0 Å². The van der Waals surface area contributed by atoms with Gasteiger partial charge in [0.05, 0.1) is 19.8 Å². The van der Waals surface area contributed by atoms with Crippen molar-refractivity contribution in [3.8, 4) is 22.6 Å². The second-order valence-electron chi connectivity index (χ2n) is 10.1. The Bertz CT molecular complexity index is 1440. The van der Waals surface area contributed by atoms with E-state index in [9.17, 15) is 23.1 Å². The fraction of sp³-hybridized carbons (Fsp3) is 0.379. The molecule has 1 aromatic heterocycles. The number of rotatable bonds is 10. The van der Waals surface area contributed by atoms with Crippen molar-refractivity contribution in [1.29, 1.82) is 0 Å². The topological polar surface area (TPSA) is 122 Å². The SMILES string of the molecule is COc1cccc(OC)c1-c1ccc(CC(NC(=O)C2C3CCC(CC3)N2S(=O)(=O)c2cccs2)C(=O)O)cc1. The maximum atomic E-state index is 13.6. The van der Waals surface area contributed by atoms with Crippen molar-refractivity contribution in [2.75, 3.05) is 14.2 Å². The summed E-state index contributed by atoms with van der Waals surface area (Å²) in [5.41, 5.74) is 2.32. The predicted molar refractivity (Wildman–Crippen MR) is 151 cm³/mol. The molecule has 3 fully saturated rings. The number of nitrogens with one attached hydrogen (secondary N) is 1. The first-order chi connectivity index (χ1) is 19.2. The Hall–Kier alpha value is -3.41. The van der Waals surface area contributed by atoms with Crippen LogP contribution in [0.25, 0.3) is 11.1 Å². The molecule has 2 unspecified atom stereocenters. The van der Waals surface area contributed by atoms with Gasteiger partial charge in [0.1, 0.15) is 27.8 Å². The van der Waals surface area contributed by atoms with Crippen LogP contribution in [0.15, 0.2) is 64.2 Å². The Kier molecular flexibility index (Phi) is 8.16. The van der Waals surface area contributed by atoms with Crippen molar-refractivity contribution < 1.29 is 32.6 Å². The van der Waals surface area contributed by atoms with E-state index >= 15 is 0 Å². The van der Waals surface area contributed by atoms with Crippen LogP contribution in [-0.2, 0) is 26.0 Å². The number of thiophene rings is 1. The van der Waals surface area contributed by atoms with Crippen LogP contribution in [0.3, 0.4) is 0 Å². The van der Waals surface area contributed by atoms with Gasteiger partial charge >= 0.3 is 5.97 Å². The monoisotopic (exact) mass is 584 g/mol. The maximum absolute atomic E-state index is 13.6. The van der Waals surface area contributed by atoms with Crippen LogP contribution >= 0.6 is 11.3 Å². The molecule has 2 N–H and O–H groups in total. The summed E-state index contributed by atoms with van der Waals surface area (Å²) in [6.07, 6.45) is 2.92. The standard InChI is InChI=1S/C29H32N2O7S2/c1-37-23-5-3-6-24(38-2)26(23)19-10-8-18(9-11-19)17-22(29(33)34)30-28(32)27-20-12-14-21(15-13-20)31(27)40(35,36)25-7-4-16-39-25/h3-11,16,20-22,27H,12-15,17H2,1-2H3,(H,30,32)(H,33,34). The molecule has 1 amide bonds. The van der Waals surface area contributed by atoms with Crippen LogP contribution in [0.1, 0.15) is 31.2 Å². The van der Waals surface area contributed by atoms with Gasteiger partial charge in [0.25, 0.3) is 10.0 Å². The number of hydrogen-bond donors (Lipinski definition) is 2. The van der Waals surface area contributed by atoms with Crippen molar-refractivity contribution in [3.05, 3.63) is 65.5 Å². The lowest BCUT2D eigenvalue weighted by Gasteiger charge is -2.49. The smallest absolute Gasteiger partial charge is 0.326 e. The molecule has 1 saturated carbocycles. The summed E-state index contributed by atoms with van der Waals surface area (Å²) >= 11 is 1.12. The number of ether oxygens (including phenoxy) is 2. The number of fused-ring (bicyclic) bond motifs is 3. The number of methoxy groups -OCH3 is 2. The summed E-state index contributed by atoms with van der Waals surface area (Å²) < 4.78 is 39.6. The van der Waals surface area contributed by atoms with Gasteiger partial charge in [-0.05, 0) is 66.3 Å². The van der Waals surface area contributed by atoms with Crippen LogP contribution in [0.4, 0.5) is 0 Å². The van der Waals surface area contributed by atoms with E-state index in [4.69, 9.17) is 9.47 Å². The maximum Gasteiger partial charge on any atom is 0.326 e. The van der Waals surface area contributed by atoms with Crippen molar-refractivity contribution in [2.45, 2.75) is 54.4 Å². The fourth-order valence-electron chi connectivity index (χ4n) is 5.93. The van der Waals surface area contributed by atoms with Crippen LogP contribution in [0.5, 0.6) is 11.5 Å². The Morgan fingerprint density at radius 2 is 1.65 bits per heavy atom. The molecule has 0 spiro atoms. The molecule has 2 bridgehead atoms. The summed E-state index contributed by atoms with van der Waals surface area (Å²) in [5, 5.41) is 14.3. The third kappa shape index (κ3) is 5.33. The Morgan fingerprint density at radius 3 is 2.20 bits per heavy atom. The first kappa shape index (κ1) is 28.1. The number of carboxylic acid groups (broad SMARTS) is 1. The number of hydrogen-bond acceptors (Lipinski definition) is 7. The molecule has 0 radical (unpaired) electrons. The van der Waals surface area contributed by atoms with Gasteiger partial charge in [-0.1, -0.05) is 36.4 Å². The Morgan fingerprint density at radius 1 is 1.00 bits per heavy atom. The highest BCUT2D eigenvalue weighted by molar-refractivity contribution is 7.91. The summed E-state index contributed by atoms with van der Waals surface area (Å²) in [5.74, 6) is -0.600. The first-order valence-corrected chi connectivity index (χ1v) is 15.5. The minimum absolute atomic E-state index is 0.0445. The van der Waals surface area contributed by atoms with Crippen LogP contribution in [0.2, 0.25) is 0 Å². The van der Waals surface area contributed by atoms with E-state index in [-0.39, 0.29) is 22.6 Å². The van der Waals surface area contributed by atoms with Crippen molar-refractivity contribution in [1.82, 2.24) is 9.62 Å². The van der Waals surface area contributed by atoms with Crippen LogP contribution in [-0.4, -0.2) is 62.1 Å². The van der Waals surface area contributed by atoms with Crippen LogP contribution < -0.4 is 14.8 Å². The molecule has 2 atom stereocenters. The molecule has 2 aliphatic heterocycles. The second-order valence-corrected chi connectivity index (χ2v) is 13.1. The zero-order valence-electron chi connectivity index (χ0n) is 22.3. The van der Waals surface area contributed by atoms with Gasteiger partial charge in [-0.15, -0.1) is 11.3 Å². The second kappa shape index (κ2) is 11.6. The average Bonchev–Trinajstić information content (AvgIpc) is 3.53. The number of nitrogens with zero attached hydrogens (tertiary/aromatic N) is 1. The number of piperidine rings is 2. The molecule has 2 aromatic carbocycles. The van der Waals surface area contributed by atoms with Gasteiger partial charge in [-0.2, -0.15) is 4.31 Å². The fourth-order valence-corrected chi connectivity index (χ4v) is 8.92. The van der Waals surface area contributed by atoms with Gasteiger partial charge in [0, 0.05) is 12.5 Å². The van der Waals surface area contributed by atoms with E-state index < -0.39 is 34.0 Å². The molecule has 40 heavy (non-hydrogen) atoms. The van der Waals surface area contributed by atoms with E-state index in [1.807, 2.05) is 30.3 Å². The molecular formula is C29H32N2O7S2. The highest BCUT2D eigenvalue weighted by Gasteiger charge is 2.51. The number of benzene rings is 2. The van der Waals surface area contributed by atoms with Gasteiger partial charge in [-0.25, -0.2) is 13.2 Å². The summed E-state index contributed by atoms with van der Waals surface area (Å²) in [6.45, 7) is 0. The first-order valence-electron chi connectivity index (χ1n) is 13.1. The summed E-state index contributed by atoms with van der Waals surface area (Å²) in [7, 11) is -0.716. The molecule has 9 nitrogen and oxygen atoms in total. The molecule has 11 heteroatoms. The lowest BCUT2D eigenvalue weighted by Crippen LogP contribution is -2.63. The van der Waals surface area contributed by atoms with E-state index in [2.05, 4.69) is 5.32 Å². The summed E-state index contributed by atoms with van der Waals surface area (Å²) in [6, 6.07) is 13.6. The highest BCUT2D eigenvalue weighted by Crippen LogP contribution is 2.43. The highest BCUT2D eigenvalue weighted by atomic mass is 32.2.